The molecule has 0 bridgehead atoms. The third kappa shape index (κ3) is 3.88. The number of rotatable bonds is 6. The minimum absolute atomic E-state index is 0.243. The summed E-state index contributed by atoms with van der Waals surface area (Å²) < 4.78 is 15.3. The van der Waals surface area contributed by atoms with Crippen molar-refractivity contribution in [2.24, 2.45) is 7.05 Å². The number of aliphatic hydroxyl groups excluding tert-OH is 1. The molecule has 1 heterocycles. The van der Waals surface area contributed by atoms with E-state index in [0.717, 1.165) is 16.7 Å². The van der Waals surface area contributed by atoms with Gasteiger partial charge in [0.05, 0.1) is 18.3 Å². The van der Waals surface area contributed by atoms with Gasteiger partial charge in [0, 0.05) is 25.4 Å². The Kier molecular flexibility index (Phi) is 5.03. The number of hydrogen-bond donors (Lipinski definition) is 2. The Morgan fingerprint density at radius 1 is 1.08 bits per heavy atom. The highest BCUT2D eigenvalue weighted by Gasteiger charge is 2.18. The average molecular weight is 325 g/mol. The Morgan fingerprint density at radius 3 is 2.50 bits per heavy atom. The molecule has 2 aromatic carbocycles. The van der Waals surface area contributed by atoms with Gasteiger partial charge in [0.1, 0.15) is 5.82 Å². The van der Waals surface area contributed by atoms with E-state index in [1.165, 1.54) is 12.1 Å². The zero-order chi connectivity index (χ0) is 16.9. The van der Waals surface area contributed by atoms with Gasteiger partial charge in [-0.2, -0.15) is 5.10 Å². The normalized spacial score (nSPS) is 13.6. The van der Waals surface area contributed by atoms with Crippen molar-refractivity contribution in [1.29, 1.82) is 0 Å². The number of aryl methyl sites for hydroxylation is 1. The number of hydrogen-bond acceptors (Lipinski definition) is 3. The molecule has 0 aliphatic rings. The number of aromatic nitrogens is 2. The van der Waals surface area contributed by atoms with Gasteiger partial charge in [-0.25, -0.2) is 4.39 Å². The fourth-order valence-corrected chi connectivity index (χ4v) is 2.73. The van der Waals surface area contributed by atoms with Crippen LogP contribution in [0.2, 0.25) is 0 Å². The molecule has 0 saturated carbocycles. The molecule has 0 radical (unpaired) electrons. The minimum atomic E-state index is -0.640. The maximum Gasteiger partial charge on any atom is 0.123 e. The van der Waals surface area contributed by atoms with Crippen LogP contribution in [0.3, 0.4) is 0 Å². The Morgan fingerprint density at radius 2 is 1.83 bits per heavy atom. The second-order valence-electron chi connectivity index (χ2n) is 5.77. The van der Waals surface area contributed by atoms with E-state index in [0.29, 0.717) is 6.54 Å². The van der Waals surface area contributed by atoms with Crippen molar-refractivity contribution in [3.8, 4) is 0 Å². The van der Waals surface area contributed by atoms with E-state index in [4.69, 9.17) is 0 Å². The molecule has 0 aliphatic heterocycles. The Hall–Kier alpha value is -2.50. The topological polar surface area (TPSA) is 50.1 Å². The summed E-state index contributed by atoms with van der Waals surface area (Å²) >= 11 is 0. The summed E-state index contributed by atoms with van der Waals surface area (Å²) in [4.78, 5) is 0. The van der Waals surface area contributed by atoms with Crippen molar-refractivity contribution < 1.29 is 9.50 Å². The van der Waals surface area contributed by atoms with E-state index in [1.54, 1.807) is 16.9 Å². The van der Waals surface area contributed by atoms with Crippen LogP contribution in [0.15, 0.2) is 67.0 Å². The molecule has 3 rings (SSSR count). The second-order valence-corrected chi connectivity index (χ2v) is 5.77. The number of aliphatic hydroxyl groups is 1. The zero-order valence-corrected chi connectivity index (χ0v) is 13.4. The first-order chi connectivity index (χ1) is 11.6. The summed E-state index contributed by atoms with van der Waals surface area (Å²) in [5.41, 5.74) is 2.56. The summed E-state index contributed by atoms with van der Waals surface area (Å²) in [7, 11) is 1.84. The highest BCUT2D eigenvalue weighted by Crippen LogP contribution is 2.23. The molecule has 24 heavy (non-hydrogen) atoms. The van der Waals surface area contributed by atoms with Crippen molar-refractivity contribution >= 4 is 0 Å². The molecule has 5 heteroatoms. The van der Waals surface area contributed by atoms with Crippen molar-refractivity contribution in [2.45, 2.75) is 12.1 Å². The van der Waals surface area contributed by atoms with Crippen LogP contribution in [0, 0.1) is 5.82 Å². The summed E-state index contributed by atoms with van der Waals surface area (Å²) in [5, 5.41) is 17.9. The van der Waals surface area contributed by atoms with E-state index in [2.05, 4.69) is 10.4 Å². The maximum absolute atomic E-state index is 13.6. The Labute approximate surface area is 140 Å². The lowest BCUT2D eigenvalue weighted by atomic mass is 10.0. The van der Waals surface area contributed by atoms with E-state index in [9.17, 15) is 9.50 Å². The largest absolute Gasteiger partial charge is 0.387 e. The predicted molar refractivity (Wildman–Crippen MR) is 90.9 cm³/mol. The molecule has 0 aliphatic carbocycles. The molecular formula is C19H20FN3O. The highest BCUT2D eigenvalue weighted by molar-refractivity contribution is 5.30. The Bertz CT molecular complexity index is 788. The van der Waals surface area contributed by atoms with Gasteiger partial charge in [-0.1, -0.05) is 42.5 Å². The fourth-order valence-electron chi connectivity index (χ4n) is 2.73. The van der Waals surface area contributed by atoms with Crippen molar-refractivity contribution in [2.75, 3.05) is 6.54 Å². The van der Waals surface area contributed by atoms with Gasteiger partial charge in [0.2, 0.25) is 0 Å². The molecule has 4 nitrogen and oxygen atoms in total. The van der Waals surface area contributed by atoms with Gasteiger partial charge in [-0.05, 0) is 23.3 Å². The van der Waals surface area contributed by atoms with E-state index < -0.39 is 6.10 Å². The van der Waals surface area contributed by atoms with Crippen LogP contribution in [-0.4, -0.2) is 21.4 Å². The smallest absolute Gasteiger partial charge is 0.123 e. The predicted octanol–water partition coefficient (Wildman–Crippen LogP) is 2.97. The molecule has 0 saturated heterocycles. The van der Waals surface area contributed by atoms with Crippen LogP contribution >= 0.6 is 0 Å². The third-order valence-corrected chi connectivity index (χ3v) is 3.94. The van der Waals surface area contributed by atoms with Crippen LogP contribution < -0.4 is 5.32 Å². The lowest BCUT2D eigenvalue weighted by Gasteiger charge is -2.20. The van der Waals surface area contributed by atoms with Gasteiger partial charge in [-0.3, -0.25) is 4.68 Å². The fraction of sp³-hybridized carbons (Fsp3) is 0.211. The quantitative estimate of drug-likeness (QED) is 0.732. The van der Waals surface area contributed by atoms with E-state index in [1.807, 2.05) is 49.6 Å². The standard InChI is InChI=1S/C19H20FN3O/c1-23-13-16(11-22-23)19(15-8-5-9-17(20)10-15)21-12-18(24)14-6-3-2-4-7-14/h2-11,13,18-19,21,24H,12H2,1H3. The number of nitrogens with zero attached hydrogens (tertiary/aromatic N) is 2. The minimum Gasteiger partial charge on any atom is -0.387 e. The van der Waals surface area contributed by atoms with Crippen LogP contribution in [0.25, 0.3) is 0 Å². The highest BCUT2D eigenvalue weighted by atomic mass is 19.1. The molecule has 0 fully saturated rings. The SMILES string of the molecule is Cn1cc(C(NCC(O)c2ccccc2)c2cccc(F)c2)cn1. The van der Waals surface area contributed by atoms with E-state index >= 15 is 0 Å². The lowest BCUT2D eigenvalue weighted by Crippen LogP contribution is -2.27. The van der Waals surface area contributed by atoms with Crippen LogP contribution in [0.5, 0.6) is 0 Å². The van der Waals surface area contributed by atoms with Gasteiger partial charge < -0.3 is 10.4 Å². The molecular weight excluding hydrogens is 305 g/mol. The second kappa shape index (κ2) is 7.38. The molecule has 124 valence electrons. The Balaban J connectivity index is 1.80. The van der Waals surface area contributed by atoms with Crippen LogP contribution in [-0.2, 0) is 7.05 Å². The first-order valence-electron chi connectivity index (χ1n) is 7.84. The van der Waals surface area contributed by atoms with Crippen LogP contribution in [0.1, 0.15) is 28.8 Å². The molecule has 0 amide bonds. The van der Waals surface area contributed by atoms with Crippen molar-refractivity contribution in [1.82, 2.24) is 15.1 Å². The van der Waals surface area contributed by atoms with Crippen LogP contribution in [0.4, 0.5) is 4.39 Å². The maximum atomic E-state index is 13.6. The summed E-state index contributed by atoms with van der Waals surface area (Å²) in [6, 6.07) is 15.7. The zero-order valence-electron chi connectivity index (χ0n) is 13.4. The van der Waals surface area contributed by atoms with Gasteiger partial charge in [0.25, 0.3) is 0 Å². The lowest BCUT2D eigenvalue weighted by molar-refractivity contribution is 0.172. The summed E-state index contributed by atoms with van der Waals surface area (Å²) in [5.74, 6) is -0.285. The van der Waals surface area contributed by atoms with Gasteiger partial charge in [-0.15, -0.1) is 0 Å². The third-order valence-electron chi connectivity index (χ3n) is 3.94. The van der Waals surface area contributed by atoms with E-state index in [-0.39, 0.29) is 11.9 Å². The molecule has 2 atom stereocenters. The number of halogens is 1. The average Bonchev–Trinajstić information content (AvgIpc) is 3.02. The first kappa shape index (κ1) is 16.4. The number of nitrogens with one attached hydrogen (secondary N) is 1. The summed E-state index contributed by atoms with van der Waals surface area (Å²) in [6.45, 7) is 0.347. The molecule has 2 N–H and O–H groups in total. The molecule has 1 aromatic heterocycles. The van der Waals surface area contributed by atoms with Crippen molar-refractivity contribution in [3.05, 3.63) is 89.5 Å². The number of benzene rings is 2. The van der Waals surface area contributed by atoms with Gasteiger partial charge >= 0.3 is 0 Å². The van der Waals surface area contributed by atoms with Gasteiger partial charge in [0.15, 0.2) is 0 Å². The molecule has 0 spiro atoms. The molecule has 2 unspecified atom stereocenters. The monoisotopic (exact) mass is 325 g/mol. The summed E-state index contributed by atoms with van der Waals surface area (Å²) in [6.07, 6.45) is 2.99. The first-order valence-corrected chi connectivity index (χ1v) is 7.84. The molecule has 3 aromatic rings. The van der Waals surface area contributed by atoms with Crippen molar-refractivity contribution in [3.63, 3.8) is 0 Å².